The third-order valence-electron chi connectivity index (χ3n) is 4.28. The minimum atomic E-state index is -4.49. The van der Waals surface area contributed by atoms with Gasteiger partial charge in [-0.1, -0.05) is 0 Å². The first-order chi connectivity index (χ1) is 11.5. The van der Waals surface area contributed by atoms with Gasteiger partial charge in [0.2, 0.25) is 0 Å². The molecule has 0 aromatic carbocycles. The number of anilines is 1. The van der Waals surface area contributed by atoms with Crippen molar-refractivity contribution in [2.24, 2.45) is 0 Å². The predicted molar refractivity (Wildman–Crippen MR) is 89.4 cm³/mol. The number of likely N-dealkylation sites (tertiary alicyclic amines) is 1. The minimum absolute atomic E-state index is 0.0768. The summed E-state index contributed by atoms with van der Waals surface area (Å²) in [6.45, 7) is 6.02. The van der Waals surface area contributed by atoms with E-state index in [0.717, 1.165) is 6.07 Å². The van der Waals surface area contributed by atoms with Crippen molar-refractivity contribution < 1.29 is 22.7 Å². The van der Waals surface area contributed by atoms with E-state index >= 15 is 0 Å². The van der Waals surface area contributed by atoms with Crippen LogP contribution in [0.15, 0.2) is 16.7 Å². The number of fused-ring (bicyclic) bond motifs is 2. The molecule has 0 spiro atoms. The van der Waals surface area contributed by atoms with Crippen molar-refractivity contribution in [3.05, 3.63) is 22.3 Å². The summed E-state index contributed by atoms with van der Waals surface area (Å²) in [7, 11) is 0. The minimum Gasteiger partial charge on any atom is -0.444 e. The average molecular weight is 422 g/mol. The van der Waals surface area contributed by atoms with E-state index in [4.69, 9.17) is 4.74 Å². The standard InChI is InChI=1S/C16H19BrF3N3O2/c1-15(2,3)25-14(24)23-8-10-5-11(23)7-22(10)13-12(16(18,19)20)4-9(17)6-21-13/h4,6,10-11H,5,7-8H2,1-3H3/t10-,11-/m1/s1. The van der Waals surface area contributed by atoms with Crippen molar-refractivity contribution in [2.45, 2.75) is 51.1 Å². The molecule has 0 aliphatic carbocycles. The second-order valence-electron chi connectivity index (χ2n) is 7.35. The summed E-state index contributed by atoms with van der Waals surface area (Å²) in [5.74, 6) is -0.0768. The molecule has 0 saturated carbocycles. The van der Waals surface area contributed by atoms with E-state index < -0.39 is 23.4 Å². The van der Waals surface area contributed by atoms with Crippen molar-refractivity contribution in [1.29, 1.82) is 0 Å². The third kappa shape index (κ3) is 3.70. The van der Waals surface area contributed by atoms with Gasteiger partial charge in [0.1, 0.15) is 11.4 Å². The number of carbonyl (C=O) groups excluding carboxylic acids is 1. The van der Waals surface area contributed by atoms with Gasteiger partial charge < -0.3 is 14.5 Å². The topological polar surface area (TPSA) is 45.7 Å². The molecule has 5 nitrogen and oxygen atoms in total. The van der Waals surface area contributed by atoms with Crippen molar-refractivity contribution in [2.75, 3.05) is 18.0 Å². The zero-order chi connectivity index (χ0) is 18.6. The molecule has 1 aromatic heterocycles. The molecular formula is C16H19BrF3N3O2. The van der Waals surface area contributed by atoms with Gasteiger partial charge in [-0.15, -0.1) is 0 Å². The van der Waals surface area contributed by atoms with Crippen LogP contribution in [0.5, 0.6) is 0 Å². The number of piperazine rings is 1. The van der Waals surface area contributed by atoms with E-state index in [0.29, 0.717) is 19.5 Å². The maximum Gasteiger partial charge on any atom is 0.419 e. The van der Waals surface area contributed by atoms with Crippen molar-refractivity contribution in [1.82, 2.24) is 9.88 Å². The average Bonchev–Trinajstić information content (AvgIpc) is 3.04. The van der Waals surface area contributed by atoms with E-state index in [-0.39, 0.29) is 22.4 Å². The highest BCUT2D eigenvalue weighted by molar-refractivity contribution is 9.10. The Labute approximate surface area is 152 Å². The number of pyridine rings is 1. The molecule has 25 heavy (non-hydrogen) atoms. The molecule has 3 heterocycles. The number of nitrogens with zero attached hydrogens (tertiary/aromatic N) is 3. The SMILES string of the molecule is CC(C)(C)OC(=O)N1C[C@H]2C[C@@H]1CN2c1ncc(Br)cc1C(F)(F)F. The Bertz CT molecular complexity index is 690. The number of carbonyl (C=O) groups is 1. The highest BCUT2D eigenvalue weighted by atomic mass is 79.9. The van der Waals surface area contributed by atoms with E-state index in [2.05, 4.69) is 20.9 Å². The first kappa shape index (κ1) is 18.3. The van der Waals surface area contributed by atoms with Crippen LogP contribution < -0.4 is 4.90 Å². The second kappa shape index (κ2) is 6.03. The van der Waals surface area contributed by atoms with Crippen LogP contribution in [0.25, 0.3) is 0 Å². The molecule has 2 aliphatic heterocycles. The summed E-state index contributed by atoms with van der Waals surface area (Å²) >= 11 is 3.04. The van der Waals surface area contributed by atoms with E-state index in [1.54, 1.807) is 30.6 Å². The fourth-order valence-corrected chi connectivity index (χ4v) is 3.67. The largest absolute Gasteiger partial charge is 0.444 e. The smallest absolute Gasteiger partial charge is 0.419 e. The van der Waals surface area contributed by atoms with Crippen LogP contribution in [0.2, 0.25) is 0 Å². The van der Waals surface area contributed by atoms with E-state index in [1.807, 2.05) is 0 Å². The van der Waals surface area contributed by atoms with Crippen LogP contribution in [0.4, 0.5) is 23.8 Å². The van der Waals surface area contributed by atoms with Gasteiger partial charge in [-0.3, -0.25) is 0 Å². The maximum atomic E-state index is 13.3. The number of alkyl halides is 3. The Kier molecular flexibility index (Phi) is 4.41. The monoisotopic (exact) mass is 421 g/mol. The summed E-state index contributed by atoms with van der Waals surface area (Å²) < 4.78 is 45.7. The fraction of sp³-hybridized carbons (Fsp3) is 0.625. The van der Waals surface area contributed by atoms with Crippen LogP contribution in [-0.4, -0.2) is 46.8 Å². The van der Waals surface area contributed by atoms with Gasteiger partial charge in [-0.05, 0) is 49.2 Å². The number of halogens is 4. The van der Waals surface area contributed by atoms with Gasteiger partial charge in [-0.2, -0.15) is 13.2 Å². The van der Waals surface area contributed by atoms with Crippen LogP contribution in [0.3, 0.4) is 0 Å². The summed E-state index contributed by atoms with van der Waals surface area (Å²) in [5, 5.41) is 0. The first-order valence-corrected chi connectivity index (χ1v) is 8.74. The number of hydrogen-bond donors (Lipinski definition) is 0. The number of rotatable bonds is 1. The molecule has 2 aliphatic rings. The van der Waals surface area contributed by atoms with Crippen molar-refractivity contribution in [3.63, 3.8) is 0 Å². The number of ether oxygens (including phenoxy) is 1. The lowest BCUT2D eigenvalue weighted by molar-refractivity contribution is -0.137. The van der Waals surface area contributed by atoms with Gasteiger partial charge in [0.25, 0.3) is 0 Å². The molecule has 138 valence electrons. The zero-order valence-corrected chi connectivity index (χ0v) is 15.7. The Morgan fingerprint density at radius 3 is 2.48 bits per heavy atom. The predicted octanol–water partition coefficient (Wildman–Crippen LogP) is 4.06. The molecule has 0 N–H and O–H groups in total. The number of hydrogen-bond acceptors (Lipinski definition) is 4. The summed E-state index contributed by atoms with van der Waals surface area (Å²) in [6.07, 6.45) is -2.92. The number of amides is 1. The van der Waals surface area contributed by atoms with Crippen molar-refractivity contribution in [3.8, 4) is 0 Å². The van der Waals surface area contributed by atoms with Crippen LogP contribution in [-0.2, 0) is 10.9 Å². The Balaban J connectivity index is 1.79. The molecule has 2 fully saturated rings. The lowest BCUT2D eigenvalue weighted by atomic mass is 10.2. The molecule has 2 bridgehead atoms. The van der Waals surface area contributed by atoms with Crippen LogP contribution in [0.1, 0.15) is 32.8 Å². The molecule has 1 aromatic rings. The molecule has 0 unspecified atom stereocenters. The highest BCUT2D eigenvalue weighted by Gasteiger charge is 2.49. The zero-order valence-electron chi connectivity index (χ0n) is 14.1. The third-order valence-corrected chi connectivity index (χ3v) is 4.71. The fourth-order valence-electron chi connectivity index (χ4n) is 3.34. The Hall–Kier alpha value is -1.51. The maximum absolute atomic E-state index is 13.3. The lowest BCUT2D eigenvalue weighted by Crippen LogP contribution is -2.50. The quantitative estimate of drug-likeness (QED) is 0.685. The molecule has 2 saturated heterocycles. The van der Waals surface area contributed by atoms with Gasteiger partial charge in [0, 0.05) is 23.8 Å². The molecule has 3 rings (SSSR count). The van der Waals surface area contributed by atoms with Crippen LogP contribution in [0, 0.1) is 0 Å². The highest BCUT2D eigenvalue weighted by Crippen LogP contribution is 2.41. The first-order valence-electron chi connectivity index (χ1n) is 7.95. The normalized spacial score (nSPS) is 23.3. The number of aromatic nitrogens is 1. The lowest BCUT2D eigenvalue weighted by Gasteiger charge is -2.36. The molecule has 1 amide bonds. The molecule has 2 atom stereocenters. The molecule has 0 radical (unpaired) electrons. The van der Waals surface area contributed by atoms with Gasteiger partial charge >= 0.3 is 12.3 Å². The van der Waals surface area contributed by atoms with Gasteiger partial charge in [0.15, 0.2) is 0 Å². The van der Waals surface area contributed by atoms with Crippen LogP contribution >= 0.6 is 15.9 Å². The van der Waals surface area contributed by atoms with E-state index in [1.165, 1.54) is 6.20 Å². The molecular weight excluding hydrogens is 403 g/mol. The molecule has 9 heteroatoms. The van der Waals surface area contributed by atoms with Gasteiger partial charge in [0.05, 0.1) is 17.6 Å². The Morgan fingerprint density at radius 2 is 1.96 bits per heavy atom. The van der Waals surface area contributed by atoms with E-state index in [9.17, 15) is 18.0 Å². The van der Waals surface area contributed by atoms with Gasteiger partial charge in [-0.25, -0.2) is 9.78 Å². The second-order valence-corrected chi connectivity index (χ2v) is 8.27. The summed E-state index contributed by atoms with van der Waals surface area (Å²) in [6, 6.07) is 0.693. The van der Waals surface area contributed by atoms with Crippen molar-refractivity contribution >= 4 is 27.8 Å². The summed E-state index contributed by atoms with van der Waals surface area (Å²) in [4.78, 5) is 19.5. The summed E-state index contributed by atoms with van der Waals surface area (Å²) in [5.41, 5.74) is -1.37. The Morgan fingerprint density at radius 1 is 1.28 bits per heavy atom.